The number of carbonyl (C=O) groups excluding carboxylic acids is 1. The molecule has 2 aromatic heterocycles. The molecule has 33 heavy (non-hydrogen) atoms. The number of carbonyl (C=O) groups is 2. The van der Waals surface area contributed by atoms with Crippen LogP contribution in [0.15, 0.2) is 91.5 Å². The third-order valence-electron chi connectivity index (χ3n) is 5.67. The zero-order valence-corrected chi connectivity index (χ0v) is 17.6. The van der Waals surface area contributed by atoms with Crippen molar-refractivity contribution in [2.75, 3.05) is 0 Å². The predicted molar refractivity (Wildman–Crippen MR) is 126 cm³/mol. The Hall–Kier alpha value is -4.65. The number of nitrogens with zero attached hydrogens (tertiary/aromatic N) is 3. The van der Waals surface area contributed by atoms with E-state index >= 15 is 0 Å². The number of rotatable bonds is 6. The highest BCUT2D eigenvalue weighted by Gasteiger charge is 2.14. The van der Waals surface area contributed by atoms with Crippen LogP contribution in [-0.2, 0) is 6.54 Å². The molecule has 0 fully saturated rings. The Bertz CT molecular complexity index is 1480. The maximum atomic E-state index is 11.6. The normalized spacial score (nSPS) is 11.0. The highest BCUT2D eigenvalue weighted by atomic mass is 16.4. The van der Waals surface area contributed by atoms with Gasteiger partial charge in [0, 0.05) is 46.8 Å². The molecule has 0 saturated carbocycles. The highest BCUT2D eigenvalue weighted by molar-refractivity contribution is 5.96. The van der Waals surface area contributed by atoms with Crippen molar-refractivity contribution in [3.05, 3.63) is 108 Å². The number of fused-ring (bicyclic) bond motifs is 1. The molecule has 2 heterocycles. The second kappa shape index (κ2) is 8.12. The molecule has 0 spiro atoms. The number of nitrogens with two attached hydrogens (primary N) is 1. The van der Waals surface area contributed by atoms with Crippen LogP contribution in [0.2, 0.25) is 0 Å². The van der Waals surface area contributed by atoms with E-state index in [2.05, 4.69) is 9.55 Å². The molecule has 3 N–H and O–H groups in total. The van der Waals surface area contributed by atoms with Gasteiger partial charge in [0.25, 0.3) is 0 Å². The highest BCUT2D eigenvalue weighted by Crippen LogP contribution is 2.31. The third-order valence-corrected chi connectivity index (χ3v) is 5.67. The van der Waals surface area contributed by atoms with Crippen molar-refractivity contribution < 1.29 is 14.7 Å². The molecule has 0 radical (unpaired) electrons. The van der Waals surface area contributed by atoms with Crippen molar-refractivity contribution in [1.29, 1.82) is 0 Å². The minimum absolute atomic E-state index is 0.217. The summed E-state index contributed by atoms with van der Waals surface area (Å²) < 4.78 is 3.99. The molecule has 0 aliphatic carbocycles. The Morgan fingerprint density at radius 2 is 1.76 bits per heavy atom. The topological polar surface area (TPSA) is 103 Å². The molecule has 7 heteroatoms. The van der Waals surface area contributed by atoms with Crippen LogP contribution in [0.3, 0.4) is 0 Å². The molecule has 5 aromatic rings. The van der Waals surface area contributed by atoms with Gasteiger partial charge in [0.05, 0.1) is 11.9 Å². The van der Waals surface area contributed by atoms with Crippen molar-refractivity contribution in [1.82, 2.24) is 14.1 Å². The largest absolute Gasteiger partial charge is 0.478 e. The second-order valence-corrected chi connectivity index (χ2v) is 7.78. The van der Waals surface area contributed by atoms with E-state index in [1.54, 1.807) is 42.9 Å². The minimum atomic E-state index is -0.980. The van der Waals surface area contributed by atoms with E-state index in [1.807, 2.05) is 53.2 Å². The van der Waals surface area contributed by atoms with Crippen LogP contribution in [0.4, 0.5) is 0 Å². The number of benzene rings is 3. The lowest BCUT2D eigenvalue weighted by Crippen LogP contribution is -2.11. The first-order valence-corrected chi connectivity index (χ1v) is 10.3. The van der Waals surface area contributed by atoms with Crippen LogP contribution >= 0.6 is 0 Å². The number of amides is 1. The van der Waals surface area contributed by atoms with Gasteiger partial charge in [0.2, 0.25) is 5.91 Å². The summed E-state index contributed by atoms with van der Waals surface area (Å²) in [6, 6.07) is 22.4. The van der Waals surface area contributed by atoms with Crippen molar-refractivity contribution in [2.45, 2.75) is 6.54 Å². The molecule has 0 aliphatic rings. The van der Waals surface area contributed by atoms with Crippen LogP contribution in [0.25, 0.3) is 27.8 Å². The fourth-order valence-electron chi connectivity index (χ4n) is 4.02. The lowest BCUT2D eigenvalue weighted by Gasteiger charge is -2.13. The standard InChI is InChI=1S/C26H20N4O3/c27-25(31)20-3-1-2-17(12-20)15-30-23(13-19-4-5-21(26(32)33)14-24(19)30)18-6-8-22(9-7-18)29-11-10-28-16-29/h1-14,16H,15H2,(H2,27,31)(H,32,33). The SMILES string of the molecule is NC(=O)c1cccc(Cn2c(-c3ccc(-n4ccnc4)cc3)cc3ccc(C(=O)O)cc32)c1. The summed E-state index contributed by atoms with van der Waals surface area (Å²) in [6.07, 6.45) is 5.35. The molecular formula is C26H20N4O3. The summed E-state index contributed by atoms with van der Waals surface area (Å²) >= 11 is 0. The van der Waals surface area contributed by atoms with Gasteiger partial charge < -0.3 is 20.0 Å². The lowest BCUT2D eigenvalue weighted by molar-refractivity contribution is 0.0696. The summed E-state index contributed by atoms with van der Waals surface area (Å²) in [5.41, 5.74) is 10.7. The fourth-order valence-corrected chi connectivity index (χ4v) is 4.02. The maximum Gasteiger partial charge on any atom is 0.335 e. The molecule has 7 nitrogen and oxygen atoms in total. The number of aromatic carboxylic acids is 1. The van der Waals surface area contributed by atoms with E-state index < -0.39 is 11.9 Å². The molecule has 0 aliphatic heterocycles. The number of hydrogen-bond donors (Lipinski definition) is 2. The monoisotopic (exact) mass is 436 g/mol. The van der Waals surface area contributed by atoms with Crippen LogP contribution < -0.4 is 5.73 Å². The van der Waals surface area contributed by atoms with Crippen molar-refractivity contribution >= 4 is 22.8 Å². The van der Waals surface area contributed by atoms with Gasteiger partial charge in [0.1, 0.15) is 0 Å². The Morgan fingerprint density at radius 1 is 0.939 bits per heavy atom. The second-order valence-electron chi connectivity index (χ2n) is 7.78. The molecule has 5 rings (SSSR count). The smallest absolute Gasteiger partial charge is 0.335 e. The molecular weight excluding hydrogens is 416 g/mol. The van der Waals surface area contributed by atoms with Gasteiger partial charge >= 0.3 is 5.97 Å². The van der Waals surface area contributed by atoms with E-state index in [-0.39, 0.29) is 5.56 Å². The fraction of sp³-hybridized carbons (Fsp3) is 0.0385. The van der Waals surface area contributed by atoms with Crippen LogP contribution in [0.5, 0.6) is 0 Å². The summed E-state index contributed by atoms with van der Waals surface area (Å²) in [5.74, 6) is -1.47. The summed E-state index contributed by atoms with van der Waals surface area (Å²) in [4.78, 5) is 27.3. The average Bonchev–Trinajstić information content (AvgIpc) is 3.48. The summed E-state index contributed by atoms with van der Waals surface area (Å²) in [6.45, 7) is 0.451. The molecule has 3 aromatic carbocycles. The van der Waals surface area contributed by atoms with Crippen molar-refractivity contribution in [2.24, 2.45) is 5.73 Å². The van der Waals surface area contributed by atoms with Crippen molar-refractivity contribution in [3.8, 4) is 16.9 Å². The van der Waals surface area contributed by atoms with Crippen molar-refractivity contribution in [3.63, 3.8) is 0 Å². The number of hydrogen-bond acceptors (Lipinski definition) is 3. The first kappa shape index (κ1) is 20.3. The molecule has 0 saturated heterocycles. The lowest BCUT2D eigenvalue weighted by atomic mass is 10.1. The van der Waals surface area contributed by atoms with Gasteiger partial charge in [-0.3, -0.25) is 4.79 Å². The van der Waals surface area contributed by atoms with E-state index in [9.17, 15) is 14.7 Å². The van der Waals surface area contributed by atoms with Crippen LogP contribution in [0.1, 0.15) is 26.3 Å². The zero-order chi connectivity index (χ0) is 22.9. The molecule has 1 amide bonds. The molecule has 162 valence electrons. The number of primary amides is 1. The van der Waals surface area contributed by atoms with E-state index in [0.29, 0.717) is 12.1 Å². The maximum absolute atomic E-state index is 11.6. The zero-order valence-electron chi connectivity index (χ0n) is 17.6. The summed E-state index contributed by atoms with van der Waals surface area (Å²) in [5, 5.41) is 10.4. The van der Waals surface area contributed by atoms with Gasteiger partial charge in [-0.25, -0.2) is 9.78 Å². The average molecular weight is 436 g/mol. The summed E-state index contributed by atoms with van der Waals surface area (Å²) in [7, 11) is 0. The Labute approximate surface area is 189 Å². The molecule has 0 atom stereocenters. The number of carboxylic acid groups (broad SMARTS) is 1. The van der Waals surface area contributed by atoms with Gasteiger partial charge in [-0.05, 0) is 53.6 Å². The van der Waals surface area contributed by atoms with E-state index in [4.69, 9.17) is 5.73 Å². The van der Waals surface area contributed by atoms with Gasteiger partial charge in [0.15, 0.2) is 0 Å². The number of aromatic nitrogens is 3. The number of imidazole rings is 1. The minimum Gasteiger partial charge on any atom is -0.478 e. The Morgan fingerprint density at radius 3 is 2.45 bits per heavy atom. The molecule has 0 unspecified atom stereocenters. The van der Waals surface area contributed by atoms with Crippen LogP contribution in [-0.4, -0.2) is 31.1 Å². The van der Waals surface area contributed by atoms with E-state index in [1.165, 1.54) is 0 Å². The first-order chi connectivity index (χ1) is 16.0. The first-order valence-electron chi connectivity index (χ1n) is 10.3. The quantitative estimate of drug-likeness (QED) is 0.413. The Kier molecular flexibility index (Phi) is 4.99. The van der Waals surface area contributed by atoms with Gasteiger partial charge in [-0.15, -0.1) is 0 Å². The van der Waals surface area contributed by atoms with Crippen LogP contribution in [0, 0.1) is 0 Å². The molecule has 0 bridgehead atoms. The predicted octanol–water partition coefficient (Wildman–Crippen LogP) is 4.34. The van der Waals surface area contributed by atoms with E-state index in [0.717, 1.165) is 33.4 Å². The number of carboxylic acids is 1. The third kappa shape index (κ3) is 3.87. The van der Waals surface area contributed by atoms with Gasteiger partial charge in [-0.2, -0.15) is 0 Å². The Balaban J connectivity index is 1.64. The van der Waals surface area contributed by atoms with Gasteiger partial charge in [-0.1, -0.05) is 30.3 Å².